The monoisotopic (exact) mass is 235 g/mol. The average Bonchev–Trinajstić information content (AvgIpc) is 2.35. The number of hydrogen-bond acceptors (Lipinski definition) is 2. The zero-order chi connectivity index (χ0) is 12.7. The van der Waals surface area contributed by atoms with Gasteiger partial charge in [0.05, 0.1) is 6.61 Å². The van der Waals surface area contributed by atoms with Gasteiger partial charge in [-0.05, 0) is 42.9 Å². The highest BCUT2D eigenvalue weighted by atomic mass is 16.5. The molecule has 1 aromatic rings. The van der Waals surface area contributed by atoms with Crippen molar-refractivity contribution < 1.29 is 4.74 Å². The minimum Gasteiger partial charge on any atom is -0.493 e. The summed E-state index contributed by atoms with van der Waals surface area (Å²) < 4.78 is 5.83. The van der Waals surface area contributed by atoms with Crippen LogP contribution in [0.15, 0.2) is 24.3 Å². The first-order valence-corrected chi connectivity index (χ1v) is 6.50. The highest BCUT2D eigenvalue weighted by Gasteiger charge is 2.14. The Balaban J connectivity index is 2.36. The molecule has 0 saturated heterocycles. The second kappa shape index (κ2) is 6.65. The molecule has 0 fully saturated rings. The third kappa shape index (κ3) is 4.78. The second-order valence-corrected chi connectivity index (χ2v) is 5.28. The summed E-state index contributed by atoms with van der Waals surface area (Å²) in [7, 11) is 0. The molecule has 0 spiro atoms. The van der Waals surface area contributed by atoms with E-state index in [9.17, 15) is 0 Å². The molecule has 0 bridgehead atoms. The molecule has 0 atom stereocenters. The first-order valence-electron chi connectivity index (χ1n) is 6.50. The largest absolute Gasteiger partial charge is 0.493 e. The number of hydrogen-bond donors (Lipinski definition) is 1. The molecule has 2 N–H and O–H groups in total. The van der Waals surface area contributed by atoms with Crippen molar-refractivity contribution in [2.45, 2.75) is 40.0 Å². The van der Waals surface area contributed by atoms with Crippen molar-refractivity contribution >= 4 is 0 Å². The maximum Gasteiger partial charge on any atom is 0.122 e. The van der Waals surface area contributed by atoms with Crippen molar-refractivity contribution in [2.75, 3.05) is 13.2 Å². The van der Waals surface area contributed by atoms with E-state index in [1.165, 1.54) is 5.56 Å². The lowest BCUT2D eigenvalue weighted by Gasteiger charge is -2.22. The summed E-state index contributed by atoms with van der Waals surface area (Å²) in [5.41, 5.74) is 7.22. The van der Waals surface area contributed by atoms with Crippen LogP contribution in [0.3, 0.4) is 0 Å². The van der Waals surface area contributed by atoms with E-state index in [2.05, 4.69) is 32.9 Å². The zero-order valence-corrected chi connectivity index (χ0v) is 11.3. The number of benzene rings is 1. The van der Waals surface area contributed by atoms with E-state index in [4.69, 9.17) is 10.5 Å². The fraction of sp³-hybridized carbons (Fsp3) is 0.600. The van der Waals surface area contributed by atoms with Gasteiger partial charge in [-0.15, -0.1) is 0 Å². The van der Waals surface area contributed by atoms with Crippen LogP contribution in [-0.4, -0.2) is 13.2 Å². The van der Waals surface area contributed by atoms with Gasteiger partial charge < -0.3 is 10.5 Å². The molecule has 2 heteroatoms. The molecule has 1 aromatic carbocycles. The van der Waals surface area contributed by atoms with Gasteiger partial charge in [-0.1, -0.05) is 39.0 Å². The van der Waals surface area contributed by atoms with Gasteiger partial charge in [0.15, 0.2) is 0 Å². The summed E-state index contributed by atoms with van der Waals surface area (Å²) in [6.07, 6.45) is 3.19. The predicted molar refractivity (Wildman–Crippen MR) is 73.4 cm³/mol. The average molecular weight is 235 g/mol. The first-order chi connectivity index (χ1) is 8.09. The lowest BCUT2D eigenvalue weighted by molar-refractivity contribution is 0.259. The third-order valence-corrected chi connectivity index (χ3v) is 3.16. The summed E-state index contributed by atoms with van der Waals surface area (Å²) in [4.78, 5) is 0. The molecule has 0 aromatic heterocycles. The van der Waals surface area contributed by atoms with Crippen LogP contribution in [0.2, 0.25) is 0 Å². The van der Waals surface area contributed by atoms with E-state index in [1.54, 1.807) is 0 Å². The summed E-state index contributed by atoms with van der Waals surface area (Å²) in [5, 5.41) is 0. The Labute approximate surface area is 105 Å². The van der Waals surface area contributed by atoms with Gasteiger partial charge in [-0.3, -0.25) is 0 Å². The van der Waals surface area contributed by atoms with Gasteiger partial charge in [0.2, 0.25) is 0 Å². The number of rotatable bonds is 7. The van der Waals surface area contributed by atoms with E-state index in [-0.39, 0.29) is 5.41 Å². The van der Waals surface area contributed by atoms with Crippen LogP contribution >= 0.6 is 0 Å². The molecule has 0 aliphatic heterocycles. The van der Waals surface area contributed by atoms with E-state index < -0.39 is 0 Å². The van der Waals surface area contributed by atoms with Gasteiger partial charge in [0, 0.05) is 0 Å². The Morgan fingerprint density at radius 1 is 1.24 bits per heavy atom. The molecule has 1 rings (SSSR count). The Morgan fingerprint density at radius 2 is 1.94 bits per heavy atom. The number of aryl methyl sites for hydroxylation is 1. The number of ether oxygens (including phenoxy) is 1. The Kier molecular flexibility index (Phi) is 5.49. The minimum atomic E-state index is 0.230. The maximum absolute atomic E-state index is 5.83. The Bertz CT molecular complexity index is 333. The smallest absolute Gasteiger partial charge is 0.122 e. The molecule has 0 radical (unpaired) electrons. The minimum absolute atomic E-state index is 0.230. The highest BCUT2D eigenvalue weighted by molar-refractivity contribution is 5.33. The lowest BCUT2D eigenvalue weighted by atomic mass is 9.88. The van der Waals surface area contributed by atoms with E-state index in [1.807, 2.05) is 12.1 Å². The normalized spacial score (nSPS) is 11.5. The SMILES string of the molecule is CCc1ccccc1OCCCC(C)(C)CN. The highest BCUT2D eigenvalue weighted by Crippen LogP contribution is 2.22. The molecule has 0 heterocycles. The van der Waals surface area contributed by atoms with Gasteiger partial charge in [0.1, 0.15) is 5.75 Å². The molecule has 2 nitrogen and oxygen atoms in total. The quantitative estimate of drug-likeness (QED) is 0.735. The van der Waals surface area contributed by atoms with Crippen LogP contribution in [0.1, 0.15) is 39.2 Å². The van der Waals surface area contributed by atoms with Crippen LogP contribution in [-0.2, 0) is 6.42 Å². The standard InChI is InChI=1S/C15H25NO/c1-4-13-8-5-6-9-14(13)17-11-7-10-15(2,3)12-16/h5-6,8-9H,4,7,10-12,16H2,1-3H3. The molecule has 0 amide bonds. The van der Waals surface area contributed by atoms with Gasteiger partial charge >= 0.3 is 0 Å². The molecular formula is C15H25NO. The van der Waals surface area contributed by atoms with Crippen LogP contribution < -0.4 is 10.5 Å². The van der Waals surface area contributed by atoms with Crippen molar-refractivity contribution in [1.29, 1.82) is 0 Å². The van der Waals surface area contributed by atoms with Gasteiger partial charge in [-0.2, -0.15) is 0 Å². The topological polar surface area (TPSA) is 35.2 Å². The molecule has 17 heavy (non-hydrogen) atoms. The van der Waals surface area contributed by atoms with E-state index in [0.29, 0.717) is 0 Å². The summed E-state index contributed by atoms with van der Waals surface area (Å²) in [6, 6.07) is 8.26. The summed E-state index contributed by atoms with van der Waals surface area (Å²) >= 11 is 0. The number of para-hydroxylation sites is 1. The molecule has 96 valence electrons. The Morgan fingerprint density at radius 3 is 2.59 bits per heavy atom. The number of nitrogens with two attached hydrogens (primary N) is 1. The third-order valence-electron chi connectivity index (χ3n) is 3.16. The second-order valence-electron chi connectivity index (χ2n) is 5.28. The van der Waals surface area contributed by atoms with Crippen molar-refractivity contribution in [3.05, 3.63) is 29.8 Å². The van der Waals surface area contributed by atoms with Gasteiger partial charge in [-0.25, -0.2) is 0 Å². The predicted octanol–water partition coefficient (Wildman–Crippen LogP) is 3.39. The molecule has 0 aliphatic carbocycles. The van der Waals surface area contributed by atoms with Crippen LogP contribution in [0, 0.1) is 5.41 Å². The zero-order valence-electron chi connectivity index (χ0n) is 11.3. The van der Waals surface area contributed by atoms with Crippen LogP contribution in [0.5, 0.6) is 5.75 Å². The molecule has 0 aliphatic rings. The van der Waals surface area contributed by atoms with Crippen LogP contribution in [0.25, 0.3) is 0 Å². The lowest BCUT2D eigenvalue weighted by Crippen LogP contribution is -2.24. The fourth-order valence-corrected chi connectivity index (χ4v) is 1.77. The van der Waals surface area contributed by atoms with Crippen LogP contribution in [0.4, 0.5) is 0 Å². The summed E-state index contributed by atoms with van der Waals surface area (Å²) in [6.45, 7) is 8.07. The van der Waals surface area contributed by atoms with Gasteiger partial charge in [0.25, 0.3) is 0 Å². The van der Waals surface area contributed by atoms with Crippen molar-refractivity contribution in [3.8, 4) is 5.75 Å². The summed E-state index contributed by atoms with van der Waals surface area (Å²) in [5.74, 6) is 1.03. The first kappa shape index (κ1) is 14.0. The van der Waals surface area contributed by atoms with E-state index >= 15 is 0 Å². The van der Waals surface area contributed by atoms with E-state index in [0.717, 1.165) is 38.2 Å². The fourth-order valence-electron chi connectivity index (χ4n) is 1.77. The van der Waals surface area contributed by atoms with Crippen molar-refractivity contribution in [2.24, 2.45) is 11.1 Å². The molecular weight excluding hydrogens is 210 g/mol. The molecule has 0 unspecified atom stereocenters. The van der Waals surface area contributed by atoms with Crippen molar-refractivity contribution in [3.63, 3.8) is 0 Å². The Hall–Kier alpha value is -1.02. The molecule has 0 saturated carbocycles. The van der Waals surface area contributed by atoms with Crippen molar-refractivity contribution in [1.82, 2.24) is 0 Å². The maximum atomic E-state index is 5.83.